The Bertz CT molecular complexity index is 751. The largest absolute Gasteiger partial charge is 0.355 e. The number of piperazine rings is 1. The van der Waals surface area contributed by atoms with Crippen molar-refractivity contribution in [3.8, 4) is 0 Å². The van der Waals surface area contributed by atoms with Crippen molar-refractivity contribution in [2.24, 2.45) is 0 Å². The lowest BCUT2D eigenvalue weighted by Crippen LogP contribution is -2.49. The molecule has 4 rings (SSSR count). The lowest BCUT2D eigenvalue weighted by Gasteiger charge is -2.35. The fourth-order valence-corrected chi connectivity index (χ4v) is 3.64. The predicted molar refractivity (Wildman–Crippen MR) is 103 cm³/mol. The molecule has 0 radical (unpaired) electrons. The number of carbonyl (C=O) groups is 1. The first-order valence-electron chi connectivity index (χ1n) is 9.09. The second-order valence-electron chi connectivity index (χ2n) is 6.73. The van der Waals surface area contributed by atoms with E-state index in [-0.39, 0.29) is 5.91 Å². The summed E-state index contributed by atoms with van der Waals surface area (Å²) >= 11 is 5.89. The van der Waals surface area contributed by atoms with E-state index < -0.39 is 0 Å². The predicted octanol–water partition coefficient (Wildman–Crippen LogP) is 2.69. The molecule has 0 bridgehead atoms. The van der Waals surface area contributed by atoms with Crippen LogP contribution >= 0.6 is 11.6 Å². The normalized spacial score (nSPS) is 17.7. The van der Waals surface area contributed by atoms with Crippen LogP contribution in [0.5, 0.6) is 0 Å². The van der Waals surface area contributed by atoms with Crippen molar-refractivity contribution in [3.05, 3.63) is 47.0 Å². The number of carbonyl (C=O) groups excluding carboxylic acids is 1. The summed E-state index contributed by atoms with van der Waals surface area (Å²) < 4.78 is 0. The highest BCUT2D eigenvalue weighted by atomic mass is 35.5. The summed E-state index contributed by atoms with van der Waals surface area (Å²) in [6.45, 7) is 5.02. The topological polar surface area (TPSA) is 52.6 Å². The van der Waals surface area contributed by atoms with Gasteiger partial charge in [0.05, 0.1) is 0 Å². The SMILES string of the molecule is O=C(c1ccc(Cl)cc1)N1CCN(c2ccc(N3CCCC3)nn2)CC1. The van der Waals surface area contributed by atoms with E-state index in [4.69, 9.17) is 11.6 Å². The Morgan fingerprint density at radius 2 is 1.31 bits per heavy atom. The standard InChI is InChI=1S/C19H22ClN5O/c20-16-5-3-15(4-6-16)19(26)25-13-11-24(12-14-25)18-8-7-17(21-22-18)23-9-1-2-10-23/h3-8H,1-2,9-14H2. The quantitative estimate of drug-likeness (QED) is 0.830. The van der Waals surface area contributed by atoms with Crippen LogP contribution in [0.25, 0.3) is 0 Å². The van der Waals surface area contributed by atoms with E-state index in [9.17, 15) is 4.79 Å². The minimum Gasteiger partial charge on any atom is -0.355 e. The van der Waals surface area contributed by atoms with Gasteiger partial charge >= 0.3 is 0 Å². The third-order valence-electron chi connectivity index (χ3n) is 5.05. The molecule has 0 saturated carbocycles. The molecule has 0 unspecified atom stereocenters. The van der Waals surface area contributed by atoms with Gasteiger partial charge < -0.3 is 14.7 Å². The Labute approximate surface area is 158 Å². The summed E-state index contributed by atoms with van der Waals surface area (Å²) in [7, 11) is 0. The van der Waals surface area contributed by atoms with Crippen molar-refractivity contribution < 1.29 is 4.79 Å². The molecule has 3 heterocycles. The molecule has 1 amide bonds. The van der Waals surface area contributed by atoms with E-state index >= 15 is 0 Å². The molecule has 0 spiro atoms. The number of amides is 1. The first-order valence-corrected chi connectivity index (χ1v) is 9.47. The third kappa shape index (κ3) is 3.60. The fourth-order valence-electron chi connectivity index (χ4n) is 3.52. The summed E-state index contributed by atoms with van der Waals surface area (Å²) in [5.41, 5.74) is 0.678. The van der Waals surface area contributed by atoms with Crippen LogP contribution in [0.2, 0.25) is 5.02 Å². The maximum absolute atomic E-state index is 12.6. The van der Waals surface area contributed by atoms with E-state index in [1.54, 1.807) is 24.3 Å². The molecule has 1 aromatic heterocycles. The Morgan fingerprint density at radius 1 is 0.769 bits per heavy atom. The Morgan fingerprint density at radius 3 is 1.85 bits per heavy atom. The minimum atomic E-state index is 0.0526. The highest BCUT2D eigenvalue weighted by Crippen LogP contribution is 2.20. The highest BCUT2D eigenvalue weighted by molar-refractivity contribution is 6.30. The van der Waals surface area contributed by atoms with Crippen LogP contribution in [0.15, 0.2) is 36.4 Å². The molecule has 2 aliphatic heterocycles. The van der Waals surface area contributed by atoms with Crippen molar-refractivity contribution in [2.45, 2.75) is 12.8 Å². The van der Waals surface area contributed by atoms with Crippen LogP contribution in [0, 0.1) is 0 Å². The summed E-state index contributed by atoms with van der Waals surface area (Å²) in [4.78, 5) is 18.9. The van der Waals surface area contributed by atoms with Gasteiger partial charge in [-0.25, -0.2) is 0 Å². The molecule has 2 fully saturated rings. The number of aromatic nitrogens is 2. The van der Waals surface area contributed by atoms with Crippen molar-refractivity contribution in [3.63, 3.8) is 0 Å². The minimum absolute atomic E-state index is 0.0526. The van der Waals surface area contributed by atoms with Crippen LogP contribution < -0.4 is 9.80 Å². The van der Waals surface area contributed by atoms with Gasteiger partial charge in [-0.1, -0.05) is 11.6 Å². The second-order valence-corrected chi connectivity index (χ2v) is 7.17. The van der Waals surface area contributed by atoms with Gasteiger partial charge in [0.25, 0.3) is 5.91 Å². The van der Waals surface area contributed by atoms with Crippen LogP contribution in [0.1, 0.15) is 23.2 Å². The number of halogens is 1. The number of benzene rings is 1. The molecule has 6 nitrogen and oxygen atoms in total. The molecule has 0 aliphatic carbocycles. The summed E-state index contributed by atoms with van der Waals surface area (Å²) in [5, 5.41) is 9.43. The Balaban J connectivity index is 1.35. The number of hydrogen-bond acceptors (Lipinski definition) is 5. The zero-order valence-corrected chi connectivity index (χ0v) is 15.4. The van der Waals surface area contributed by atoms with Crippen LogP contribution in [-0.2, 0) is 0 Å². The molecule has 0 atom stereocenters. The Kier molecular flexibility index (Phi) is 4.93. The average molecular weight is 372 g/mol. The monoisotopic (exact) mass is 371 g/mol. The zero-order valence-electron chi connectivity index (χ0n) is 14.6. The fraction of sp³-hybridized carbons (Fsp3) is 0.421. The number of anilines is 2. The first kappa shape index (κ1) is 17.1. The van der Waals surface area contributed by atoms with Crippen molar-refractivity contribution in [2.75, 3.05) is 49.1 Å². The van der Waals surface area contributed by atoms with Gasteiger partial charge in [0.1, 0.15) is 0 Å². The lowest BCUT2D eigenvalue weighted by molar-refractivity contribution is 0.0746. The molecule has 2 saturated heterocycles. The molecule has 7 heteroatoms. The van der Waals surface area contributed by atoms with Gasteiger partial charge in [0.2, 0.25) is 0 Å². The maximum Gasteiger partial charge on any atom is 0.253 e. The van der Waals surface area contributed by atoms with Gasteiger partial charge in [-0.05, 0) is 49.2 Å². The lowest BCUT2D eigenvalue weighted by atomic mass is 10.2. The number of rotatable bonds is 3. The molecule has 1 aromatic carbocycles. The third-order valence-corrected chi connectivity index (χ3v) is 5.30. The van der Waals surface area contributed by atoms with E-state index in [1.165, 1.54) is 12.8 Å². The summed E-state index contributed by atoms with van der Waals surface area (Å²) in [5.74, 6) is 1.89. The first-order chi connectivity index (χ1) is 12.7. The van der Waals surface area contributed by atoms with E-state index in [0.29, 0.717) is 23.7 Å². The van der Waals surface area contributed by atoms with Crippen LogP contribution in [-0.4, -0.2) is 60.3 Å². The van der Waals surface area contributed by atoms with Gasteiger partial charge in [0, 0.05) is 49.9 Å². The Hall–Kier alpha value is -2.34. The van der Waals surface area contributed by atoms with E-state index in [2.05, 4.69) is 26.1 Å². The van der Waals surface area contributed by atoms with Gasteiger partial charge in [-0.2, -0.15) is 0 Å². The molecular weight excluding hydrogens is 350 g/mol. The molecule has 136 valence electrons. The smallest absolute Gasteiger partial charge is 0.253 e. The number of hydrogen-bond donors (Lipinski definition) is 0. The van der Waals surface area contributed by atoms with Crippen LogP contribution in [0.3, 0.4) is 0 Å². The van der Waals surface area contributed by atoms with Crippen molar-refractivity contribution in [1.29, 1.82) is 0 Å². The maximum atomic E-state index is 12.6. The van der Waals surface area contributed by atoms with E-state index in [1.807, 2.05) is 11.0 Å². The van der Waals surface area contributed by atoms with Crippen molar-refractivity contribution >= 4 is 29.1 Å². The van der Waals surface area contributed by atoms with Crippen molar-refractivity contribution in [1.82, 2.24) is 15.1 Å². The molecule has 0 N–H and O–H groups in total. The molecule has 26 heavy (non-hydrogen) atoms. The molecule has 2 aliphatic rings. The average Bonchev–Trinajstić information content (AvgIpc) is 3.23. The highest BCUT2D eigenvalue weighted by Gasteiger charge is 2.23. The molecular formula is C19H22ClN5O. The van der Waals surface area contributed by atoms with Crippen LogP contribution in [0.4, 0.5) is 11.6 Å². The second kappa shape index (κ2) is 7.50. The molecule has 2 aromatic rings. The van der Waals surface area contributed by atoms with Gasteiger partial charge in [0.15, 0.2) is 11.6 Å². The van der Waals surface area contributed by atoms with Gasteiger partial charge in [-0.15, -0.1) is 10.2 Å². The summed E-state index contributed by atoms with van der Waals surface area (Å²) in [6.07, 6.45) is 2.46. The number of nitrogens with zero attached hydrogens (tertiary/aromatic N) is 5. The van der Waals surface area contributed by atoms with E-state index in [0.717, 1.165) is 37.8 Å². The van der Waals surface area contributed by atoms with Gasteiger partial charge in [-0.3, -0.25) is 4.79 Å². The summed E-state index contributed by atoms with van der Waals surface area (Å²) in [6, 6.07) is 11.2. The zero-order chi connectivity index (χ0) is 17.9.